The molecule has 0 unspecified atom stereocenters. The summed E-state index contributed by atoms with van der Waals surface area (Å²) in [4.78, 5) is 23.3. The van der Waals surface area contributed by atoms with Crippen LogP contribution in [-0.2, 0) is 21.3 Å². The number of rotatable bonds is 5. The van der Waals surface area contributed by atoms with Gasteiger partial charge in [0.15, 0.2) is 11.6 Å². The third-order valence-corrected chi connectivity index (χ3v) is 8.98. The first-order valence-corrected chi connectivity index (χ1v) is 14.3. The van der Waals surface area contributed by atoms with Crippen LogP contribution in [0, 0.1) is 0 Å². The number of nitrogens with zero attached hydrogens (tertiary/aromatic N) is 6. The van der Waals surface area contributed by atoms with Crippen molar-refractivity contribution in [3.8, 4) is 11.4 Å². The molecule has 1 aromatic carbocycles. The number of thiophene rings is 1. The molecule has 0 spiro atoms. The van der Waals surface area contributed by atoms with Crippen molar-refractivity contribution in [1.29, 1.82) is 0 Å². The van der Waals surface area contributed by atoms with E-state index in [1.807, 2.05) is 18.2 Å². The lowest BCUT2D eigenvalue weighted by molar-refractivity contribution is 0.122. The van der Waals surface area contributed by atoms with Gasteiger partial charge in [0, 0.05) is 56.3 Å². The minimum Gasteiger partial charge on any atom is -0.378 e. The Morgan fingerprint density at radius 1 is 1.03 bits per heavy atom. The maximum atomic E-state index is 11.8. The Morgan fingerprint density at radius 3 is 2.60 bits per heavy atom. The third kappa shape index (κ3) is 4.64. The summed E-state index contributed by atoms with van der Waals surface area (Å²) in [7, 11) is -3.13. The fraction of sp³-hybridized carbons (Fsp3) is 0.435. The van der Waals surface area contributed by atoms with Gasteiger partial charge in [-0.1, -0.05) is 0 Å². The van der Waals surface area contributed by atoms with Crippen LogP contribution in [0.25, 0.3) is 32.6 Å². The smallest absolute Gasteiger partial charge is 0.211 e. The maximum absolute atomic E-state index is 11.8. The molecule has 4 aromatic rings. The molecule has 2 aliphatic heterocycles. The number of imidazole rings is 1. The molecule has 3 aromatic heterocycles. The second kappa shape index (κ2) is 9.10. The minimum absolute atomic E-state index is 0.530. The largest absolute Gasteiger partial charge is 0.378 e. The fourth-order valence-corrected chi connectivity index (χ4v) is 6.65. The molecule has 2 fully saturated rings. The van der Waals surface area contributed by atoms with E-state index in [1.54, 1.807) is 22.0 Å². The van der Waals surface area contributed by atoms with E-state index in [4.69, 9.17) is 14.7 Å². The van der Waals surface area contributed by atoms with Gasteiger partial charge in [-0.15, -0.1) is 11.3 Å². The molecule has 5 heterocycles. The molecule has 0 atom stereocenters. The van der Waals surface area contributed by atoms with Gasteiger partial charge in [-0.2, -0.15) is 4.31 Å². The van der Waals surface area contributed by atoms with Crippen molar-refractivity contribution in [3.63, 3.8) is 0 Å². The molecule has 2 aliphatic rings. The normalized spacial score (nSPS) is 18.6. The molecule has 0 saturated carbocycles. The Balaban J connectivity index is 1.33. The molecule has 0 bridgehead atoms. The molecular weight excluding hydrogens is 486 g/mol. The van der Waals surface area contributed by atoms with E-state index in [9.17, 15) is 8.42 Å². The van der Waals surface area contributed by atoms with E-state index < -0.39 is 10.0 Å². The highest BCUT2D eigenvalue weighted by Gasteiger charge is 2.25. The van der Waals surface area contributed by atoms with Gasteiger partial charge in [-0.25, -0.2) is 23.4 Å². The Bertz CT molecular complexity index is 1470. The molecule has 10 nitrogen and oxygen atoms in total. The van der Waals surface area contributed by atoms with Crippen molar-refractivity contribution in [2.24, 2.45) is 0 Å². The highest BCUT2D eigenvalue weighted by Crippen LogP contribution is 2.35. The van der Waals surface area contributed by atoms with E-state index in [-0.39, 0.29) is 0 Å². The predicted octanol–water partition coefficient (Wildman–Crippen LogP) is 2.15. The van der Waals surface area contributed by atoms with E-state index >= 15 is 0 Å². The summed E-state index contributed by atoms with van der Waals surface area (Å²) in [6.07, 6.45) is 2.97. The van der Waals surface area contributed by atoms with Crippen molar-refractivity contribution in [2.75, 3.05) is 63.6 Å². The van der Waals surface area contributed by atoms with Crippen LogP contribution < -0.4 is 4.90 Å². The minimum atomic E-state index is -3.13. The van der Waals surface area contributed by atoms with E-state index in [2.05, 4.69) is 25.8 Å². The van der Waals surface area contributed by atoms with E-state index in [1.165, 1.54) is 11.1 Å². The monoisotopic (exact) mass is 513 g/mol. The number of morpholine rings is 1. The SMILES string of the molecule is CS(=O)(=O)N1CCN(Cc2cc3nc(-c4ccc5[nH]cnc5c4)nc(N4CCOCC4)c3s2)CC1. The van der Waals surface area contributed by atoms with Gasteiger partial charge in [-0.05, 0) is 24.3 Å². The summed E-state index contributed by atoms with van der Waals surface area (Å²) < 4.78 is 31.9. The number of hydrogen-bond donors (Lipinski definition) is 1. The zero-order chi connectivity index (χ0) is 24.0. The average molecular weight is 514 g/mol. The lowest BCUT2D eigenvalue weighted by Crippen LogP contribution is -2.47. The predicted molar refractivity (Wildman–Crippen MR) is 137 cm³/mol. The molecule has 0 radical (unpaired) electrons. The first-order valence-electron chi connectivity index (χ1n) is 11.7. The number of piperazine rings is 1. The quantitative estimate of drug-likeness (QED) is 0.433. The number of hydrogen-bond acceptors (Lipinski definition) is 9. The van der Waals surface area contributed by atoms with Gasteiger partial charge in [0.2, 0.25) is 10.0 Å². The zero-order valence-corrected chi connectivity index (χ0v) is 21.1. The van der Waals surface area contributed by atoms with Crippen LogP contribution in [0.4, 0.5) is 5.82 Å². The number of aromatic amines is 1. The highest BCUT2D eigenvalue weighted by molar-refractivity contribution is 7.88. The fourth-order valence-electron chi connectivity index (χ4n) is 4.67. The lowest BCUT2D eigenvalue weighted by Gasteiger charge is -2.32. The molecule has 6 rings (SSSR count). The van der Waals surface area contributed by atoms with Gasteiger partial charge in [-0.3, -0.25) is 4.90 Å². The van der Waals surface area contributed by atoms with Crippen molar-refractivity contribution >= 4 is 48.4 Å². The molecule has 35 heavy (non-hydrogen) atoms. The summed E-state index contributed by atoms with van der Waals surface area (Å²) in [6.45, 7) is 6.23. The van der Waals surface area contributed by atoms with Gasteiger partial charge in [0.1, 0.15) is 0 Å². The summed E-state index contributed by atoms with van der Waals surface area (Å²) in [5.74, 6) is 1.64. The number of nitrogens with one attached hydrogen (secondary N) is 1. The van der Waals surface area contributed by atoms with E-state index in [0.717, 1.165) is 65.4 Å². The summed E-state index contributed by atoms with van der Waals surface area (Å²) in [5, 5.41) is 0. The van der Waals surface area contributed by atoms with Gasteiger partial charge in [0.05, 0.1) is 47.0 Å². The first kappa shape index (κ1) is 22.8. The second-order valence-electron chi connectivity index (χ2n) is 8.97. The highest BCUT2D eigenvalue weighted by atomic mass is 32.2. The number of fused-ring (bicyclic) bond motifs is 2. The van der Waals surface area contributed by atoms with Crippen LogP contribution >= 0.6 is 11.3 Å². The average Bonchev–Trinajstić information content (AvgIpc) is 3.49. The molecule has 12 heteroatoms. The number of sulfonamides is 1. The number of benzene rings is 1. The Morgan fingerprint density at radius 2 is 1.83 bits per heavy atom. The Kier molecular flexibility index (Phi) is 5.93. The topological polar surface area (TPSA) is 108 Å². The molecular formula is C23H27N7O3S2. The summed E-state index contributed by atoms with van der Waals surface area (Å²) in [6, 6.07) is 8.21. The Hall–Kier alpha value is -2.64. The zero-order valence-electron chi connectivity index (χ0n) is 19.5. The van der Waals surface area contributed by atoms with E-state index in [0.29, 0.717) is 32.1 Å². The Labute approximate surface area is 207 Å². The summed E-state index contributed by atoms with van der Waals surface area (Å²) in [5.41, 5.74) is 3.74. The number of H-pyrrole nitrogens is 1. The van der Waals surface area contributed by atoms with Gasteiger partial charge >= 0.3 is 0 Å². The number of aromatic nitrogens is 4. The van der Waals surface area contributed by atoms with Crippen LogP contribution in [0.2, 0.25) is 0 Å². The maximum Gasteiger partial charge on any atom is 0.211 e. The standard InChI is InChI=1S/C23H27N7O3S2/c1-35(31,32)30-6-4-28(5-7-30)14-17-13-20-21(34-17)23(29-8-10-33-11-9-29)27-22(26-20)16-2-3-18-19(12-16)25-15-24-18/h2-3,12-13,15H,4-11,14H2,1H3,(H,24,25). The molecule has 0 amide bonds. The molecule has 1 N–H and O–H groups in total. The van der Waals surface area contributed by atoms with Crippen molar-refractivity contribution in [2.45, 2.75) is 6.54 Å². The lowest BCUT2D eigenvalue weighted by atomic mass is 10.2. The third-order valence-electron chi connectivity index (χ3n) is 6.57. The van der Waals surface area contributed by atoms with Crippen LogP contribution in [0.3, 0.4) is 0 Å². The van der Waals surface area contributed by atoms with Crippen LogP contribution in [0.15, 0.2) is 30.6 Å². The molecule has 2 saturated heterocycles. The van der Waals surface area contributed by atoms with Crippen LogP contribution in [0.1, 0.15) is 4.88 Å². The molecule has 184 valence electrons. The summed E-state index contributed by atoms with van der Waals surface area (Å²) >= 11 is 1.73. The van der Waals surface area contributed by atoms with Crippen molar-refractivity contribution < 1.29 is 13.2 Å². The van der Waals surface area contributed by atoms with Crippen molar-refractivity contribution in [1.82, 2.24) is 29.1 Å². The number of ether oxygens (including phenoxy) is 1. The second-order valence-corrected chi connectivity index (χ2v) is 12.1. The van der Waals surface area contributed by atoms with Crippen LogP contribution in [-0.4, -0.2) is 96.3 Å². The van der Waals surface area contributed by atoms with Gasteiger partial charge < -0.3 is 14.6 Å². The van der Waals surface area contributed by atoms with Gasteiger partial charge in [0.25, 0.3) is 0 Å². The van der Waals surface area contributed by atoms with Crippen LogP contribution in [0.5, 0.6) is 0 Å². The first-order chi connectivity index (χ1) is 16.9. The molecule has 0 aliphatic carbocycles. The van der Waals surface area contributed by atoms with Crippen molar-refractivity contribution in [3.05, 3.63) is 35.5 Å². The number of anilines is 1.